The predicted molar refractivity (Wildman–Crippen MR) is 126 cm³/mol. The normalized spacial score (nSPS) is 14.0. The first kappa shape index (κ1) is 21.8. The largest absolute Gasteiger partial charge is 1.00 e. The first-order valence-electron chi connectivity index (χ1n) is 10.2. The molecule has 5 heteroatoms. The number of halogens is 1. The van der Waals surface area contributed by atoms with Gasteiger partial charge in [0.25, 0.3) is 0 Å². The van der Waals surface area contributed by atoms with Gasteiger partial charge in [-0.3, -0.25) is 4.98 Å². The molecular weight excluding hydrogens is 513 g/mol. The third-order valence-electron chi connectivity index (χ3n) is 5.70. The quantitative estimate of drug-likeness (QED) is 0.296. The van der Waals surface area contributed by atoms with Crippen molar-refractivity contribution in [3.05, 3.63) is 101 Å². The number of thioether (sulfide) groups is 1. The van der Waals surface area contributed by atoms with Gasteiger partial charge in [-0.2, -0.15) is 4.57 Å². The maximum atomic E-state index is 4.24. The number of nitrogens with zero attached hydrogens (tertiary/aromatic N) is 3. The predicted octanol–water partition coefficient (Wildman–Crippen LogP) is 2.73. The van der Waals surface area contributed by atoms with Crippen LogP contribution in [0.15, 0.2) is 83.0 Å². The fourth-order valence-electron chi connectivity index (χ4n) is 4.19. The molecule has 0 aliphatic carbocycles. The molecule has 2 aromatic heterocycles. The van der Waals surface area contributed by atoms with E-state index in [1.54, 1.807) is 0 Å². The van der Waals surface area contributed by atoms with Crippen LogP contribution in [0.3, 0.4) is 0 Å². The Bertz CT molecular complexity index is 1260. The van der Waals surface area contributed by atoms with E-state index in [1.807, 2.05) is 30.2 Å². The summed E-state index contributed by atoms with van der Waals surface area (Å²) in [4.78, 5) is 7.89. The lowest BCUT2D eigenvalue weighted by Crippen LogP contribution is -3.00. The molecule has 4 aromatic rings. The topological polar surface area (TPSA) is 20.0 Å². The van der Waals surface area contributed by atoms with Crippen LogP contribution in [-0.4, -0.2) is 12.0 Å². The van der Waals surface area contributed by atoms with Gasteiger partial charge in [-0.05, 0) is 35.2 Å². The minimum Gasteiger partial charge on any atom is -1.00 e. The monoisotopic (exact) mass is 537 g/mol. The van der Waals surface area contributed by atoms with Crippen molar-refractivity contribution in [1.82, 2.24) is 4.98 Å². The second-order valence-corrected chi connectivity index (χ2v) is 8.86. The van der Waals surface area contributed by atoms with Crippen molar-refractivity contribution in [2.75, 3.05) is 11.9 Å². The number of aryl methyl sites for hydroxylation is 2. The standard InChI is InChI=1S/C26H24N3S.HI/c1-18-13-21(14-19(2)29(18)17-20-7-6-12-27-16-20)15-25-28(3)26-23-9-5-4-8-22(23)10-11-24(26)30-25;/h4-16H,17H2,1-3H3;1H/q+1;/p-1. The fourth-order valence-corrected chi connectivity index (χ4v) is 5.32. The van der Waals surface area contributed by atoms with Crippen LogP contribution in [0.1, 0.15) is 22.5 Å². The summed E-state index contributed by atoms with van der Waals surface area (Å²) in [6.07, 6.45) is 6.06. The molecule has 5 rings (SSSR count). The summed E-state index contributed by atoms with van der Waals surface area (Å²) in [7, 11) is 2.17. The third-order valence-corrected chi connectivity index (χ3v) is 6.85. The average molecular weight is 537 g/mol. The van der Waals surface area contributed by atoms with Crippen LogP contribution >= 0.6 is 11.8 Å². The Morgan fingerprint density at radius 1 is 1.00 bits per heavy atom. The molecule has 0 saturated heterocycles. The number of fused-ring (bicyclic) bond motifs is 3. The van der Waals surface area contributed by atoms with Gasteiger partial charge in [0.2, 0.25) is 0 Å². The summed E-state index contributed by atoms with van der Waals surface area (Å²) >= 11 is 1.84. The lowest BCUT2D eigenvalue weighted by molar-refractivity contribution is -0.700. The van der Waals surface area contributed by atoms with Crippen LogP contribution in [0.2, 0.25) is 0 Å². The average Bonchev–Trinajstić information content (AvgIpc) is 3.07. The molecule has 0 bridgehead atoms. The summed E-state index contributed by atoms with van der Waals surface area (Å²) in [6, 6.07) is 21.7. The first-order valence-corrected chi connectivity index (χ1v) is 11.0. The highest BCUT2D eigenvalue weighted by Crippen LogP contribution is 2.49. The van der Waals surface area contributed by atoms with Crippen LogP contribution in [0, 0.1) is 13.8 Å². The van der Waals surface area contributed by atoms with E-state index in [9.17, 15) is 0 Å². The molecule has 0 amide bonds. The smallest absolute Gasteiger partial charge is 0.179 e. The molecule has 0 radical (unpaired) electrons. The molecule has 0 N–H and O–H groups in total. The first-order chi connectivity index (χ1) is 14.6. The third kappa shape index (κ3) is 4.21. The van der Waals surface area contributed by atoms with Gasteiger partial charge in [-0.1, -0.05) is 42.1 Å². The number of hydrogen-bond donors (Lipinski definition) is 0. The van der Waals surface area contributed by atoms with Crippen molar-refractivity contribution in [3.63, 3.8) is 0 Å². The molecule has 0 fully saturated rings. The maximum Gasteiger partial charge on any atom is 0.179 e. The zero-order valence-corrected chi connectivity index (χ0v) is 20.8. The molecule has 156 valence electrons. The number of hydrogen-bond acceptors (Lipinski definition) is 3. The van der Waals surface area contributed by atoms with Crippen molar-refractivity contribution in [3.8, 4) is 0 Å². The molecule has 2 aromatic carbocycles. The molecule has 3 nitrogen and oxygen atoms in total. The maximum absolute atomic E-state index is 4.24. The van der Waals surface area contributed by atoms with Gasteiger partial charge in [-0.15, -0.1) is 0 Å². The lowest BCUT2D eigenvalue weighted by atomic mass is 10.1. The second kappa shape index (κ2) is 9.01. The number of anilines is 1. The van der Waals surface area contributed by atoms with Gasteiger partial charge in [0.05, 0.1) is 10.7 Å². The highest BCUT2D eigenvalue weighted by atomic mass is 127. The highest BCUT2D eigenvalue weighted by molar-refractivity contribution is 8.04. The Morgan fingerprint density at radius 2 is 1.77 bits per heavy atom. The summed E-state index contributed by atoms with van der Waals surface area (Å²) in [5, 5.41) is 3.85. The fraction of sp³-hybridized carbons (Fsp3) is 0.154. The molecule has 1 aliphatic rings. The highest BCUT2D eigenvalue weighted by Gasteiger charge is 2.24. The lowest BCUT2D eigenvalue weighted by Gasteiger charge is -2.16. The van der Waals surface area contributed by atoms with E-state index >= 15 is 0 Å². The van der Waals surface area contributed by atoms with Crippen LogP contribution in [0.25, 0.3) is 16.8 Å². The Kier molecular flexibility index (Phi) is 6.34. The molecule has 0 spiro atoms. The van der Waals surface area contributed by atoms with E-state index < -0.39 is 0 Å². The van der Waals surface area contributed by atoms with E-state index in [1.165, 1.54) is 48.9 Å². The molecule has 0 saturated carbocycles. The summed E-state index contributed by atoms with van der Waals surface area (Å²) < 4.78 is 2.34. The van der Waals surface area contributed by atoms with E-state index in [-0.39, 0.29) is 24.0 Å². The Morgan fingerprint density at radius 3 is 2.52 bits per heavy atom. The zero-order valence-electron chi connectivity index (χ0n) is 17.8. The number of pyridine rings is 2. The van der Waals surface area contributed by atoms with Crippen LogP contribution in [0.5, 0.6) is 0 Å². The van der Waals surface area contributed by atoms with Crippen molar-refractivity contribution >= 4 is 34.3 Å². The van der Waals surface area contributed by atoms with Gasteiger partial charge in [0.1, 0.15) is 0 Å². The Labute approximate surface area is 204 Å². The number of aromatic nitrogens is 2. The SMILES string of the molecule is Cc1cc(C=C2Sc3ccc4ccccc4c3N2C)cc(C)[n+]1Cc1cccnc1.[I-]. The molecule has 31 heavy (non-hydrogen) atoms. The molecule has 0 unspecified atom stereocenters. The molecular formula is C26H24IN3S. The van der Waals surface area contributed by atoms with Crippen molar-refractivity contribution < 1.29 is 28.5 Å². The number of rotatable bonds is 3. The van der Waals surface area contributed by atoms with Gasteiger partial charge < -0.3 is 28.9 Å². The van der Waals surface area contributed by atoms with Gasteiger partial charge in [-0.25, -0.2) is 0 Å². The molecule has 1 aliphatic heterocycles. The van der Waals surface area contributed by atoms with Crippen molar-refractivity contribution in [2.24, 2.45) is 0 Å². The molecule has 0 atom stereocenters. The van der Waals surface area contributed by atoms with E-state index in [4.69, 9.17) is 0 Å². The summed E-state index contributed by atoms with van der Waals surface area (Å²) in [5.74, 6) is 0. The van der Waals surface area contributed by atoms with Crippen LogP contribution in [0.4, 0.5) is 5.69 Å². The van der Waals surface area contributed by atoms with E-state index in [2.05, 4.69) is 96.0 Å². The molecule has 3 heterocycles. The van der Waals surface area contributed by atoms with Gasteiger partial charge in [0.15, 0.2) is 17.9 Å². The van der Waals surface area contributed by atoms with Crippen LogP contribution < -0.4 is 33.4 Å². The van der Waals surface area contributed by atoms with Crippen molar-refractivity contribution in [2.45, 2.75) is 25.3 Å². The van der Waals surface area contributed by atoms with Gasteiger partial charge >= 0.3 is 0 Å². The Hall–Kier alpha value is -2.38. The number of benzene rings is 2. The second-order valence-electron chi connectivity index (χ2n) is 7.80. The van der Waals surface area contributed by atoms with E-state index in [0.717, 1.165) is 6.54 Å². The summed E-state index contributed by atoms with van der Waals surface area (Å²) in [6.45, 7) is 5.20. The zero-order chi connectivity index (χ0) is 20.7. The summed E-state index contributed by atoms with van der Waals surface area (Å²) in [5.41, 5.74) is 6.26. The van der Waals surface area contributed by atoms with Gasteiger partial charge in [0, 0.05) is 61.3 Å². The Balaban J connectivity index is 0.00000231. The minimum absolute atomic E-state index is 0. The van der Waals surface area contributed by atoms with E-state index in [0.29, 0.717) is 0 Å². The van der Waals surface area contributed by atoms with Crippen LogP contribution in [-0.2, 0) is 6.54 Å². The minimum atomic E-state index is 0. The van der Waals surface area contributed by atoms with Crippen molar-refractivity contribution in [1.29, 1.82) is 0 Å².